The maximum atomic E-state index is 15.0. The number of nitrogens with zero attached hydrogens (tertiary/aromatic N) is 3. The fourth-order valence-electron chi connectivity index (χ4n) is 3.91. The number of hydrogen-bond acceptors (Lipinski definition) is 5. The van der Waals surface area contributed by atoms with E-state index in [1.54, 1.807) is 37.4 Å². The highest BCUT2D eigenvalue weighted by molar-refractivity contribution is 6.07. The topological polar surface area (TPSA) is 45.2 Å². The number of unbranched alkanes of at least 4 members (excludes halogenated alkanes) is 1. The van der Waals surface area contributed by atoms with Gasteiger partial charge in [0, 0.05) is 37.9 Å². The van der Waals surface area contributed by atoms with Crippen molar-refractivity contribution in [1.29, 1.82) is 0 Å². The van der Waals surface area contributed by atoms with Crippen molar-refractivity contribution >= 4 is 17.3 Å². The van der Waals surface area contributed by atoms with Crippen molar-refractivity contribution in [3.8, 4) is 11.5 Å². The number of carbonyl (C=O) groups excluding carboxylic acids is 1. The summed E-state index contributed by atoms with van der Waals surface area (Å²) in [4.78, 5) is 18.8. The average molecular weight is 444 g/mol. The van der Waals surface area contributed by atoms with E-state index < -0.39 is 0 Å². The molecule has 32 heavy (non-hydrogen) atoms. The molecule has 7 heteroatoms. The number of amides is 1. The fourth-order valence-corrected chi connectivity index (χ4v) is 3.91. The van der Waals surface area contributed by atoms with E-state index in [9.17, 15) is 9.18 Å². The summed E-state index contributed by atoms with van der Waals surface area (Å²) in [6, 6.07) is 10.6. The van der Waals surface area contributed by atoms with Gasteiger partial charge in [-0.15, -0.1) is 0 Å². The second kappa shape index (κ2) is 10.7. The number of anilines is 2. The van der Waals surface area contributed by atoms with Gasteiger partial charge in [-0.1, -0.05) is 13.3 Å². The second-order valence-electron chi connectivity index (χ2n) is 8.42. The van der Waals surface area contributed by atoms with E-state index >= 15 is 0 Å². The Balaban J connectivity index is 1.75. The van der Waals surface area contributed by atoms with Gasteiger partial charge in [0.25, 0.3) is 5.91 Å². The quantitative estimate of drug-likeness (QED) is 0.537. The normalized spacial score (nSPS) is 15.8. The number of halogens is 1. The molecular weight excluding hydrogens is 409 g/mol. The molecule has 0 aromatic heterocycles. The van der Waals surface area contributed by atoms with Gasteiger partial charge in [0.15, 0.2) is 0 Å². The first kappa shape index (κ1) is 23.9. The van der Waals surface area contributed by atoms with E-state index in [2.05, 4.69) is 16.7 Å². The van der Waals surface area contributed by atoms with Crippen LogP contribution in [0.5, 0.6) is 11.5 Å². The summed E-state index contributed by atoms with van der Waals surface area (Å²) in [7, 11) is 7.26. The predicted molar refractivity (Wildman–Crippen MR) is 127 cm³/mol. The van der Waals surface area contributed by atoms with Crippen LogP contribution in [0.15, 0.2) is 36.4 Å². The molecule has 1 fully saturated rings. The highest BCUT2D eigenvalue weighted by Gasteiger charge is 2.26. The van der Waals surface area contributed by atoms with Gasteiger partial charge in [0.05, 0.1) is 25.0 Å². The summed E-state index contributed by atoms with van der Waals surface area (Å²) < 4.78 is 26.1. The Morgan fingerprint density at radius 1 is 1.19 bits per heavy atom. The van der Waals surface area contributed by atoms with E-state index in [1.165, 1.54) is 18.1 Å². The van der Waals surface area contributed by atoms with Gasteiger partial charge >= 0.3 is 0 Å². The van der Waals surface area contributed by atoms with Gasteiger partial charge in [-0.25, -0.2) is 4.39 Å². The molecule has 1 aliphatic heterocycles. The third kappa shape index (κ3) is 5.33. The van der Waals surface area contributed by atoms with Crippen molar-refractivity contribution < 1.29 is 18.7 Å². The molecule has 0 N–H and O–H groups in total. The number of ether oxygens (including phenoxy) is 2. The molecule has 0 spiro atoms. The van der Waals surface area contributed by atoms with Gasteiger partial charge in [-0.05, 0) is 57.3 Å². The van der Waals surface area contributed by atoms with E-state index in [0.717, 1.165) is 32.4 Å². The number of methoxy groups -OCH3 is 1. The zero-order valence-corrected chi connectivity index (χ0v) is 19.7. The van der Waals surface area contributed by atoms with Gasteiger partial charge in [-0.3, -0.25) is 4.79 Å². The average Bonchev–Trinajstić information content (AvgIpc) is 3.28. The van der Waals surface area contributed by atoms with E-state index in [4.69, 9.17) is 9.47 Å². The van der Waals surface area contributed by atoms with Crippen molar-refractivity contribution in [1.82, 2.24) is 4.90 Å². The lowest BCUT2D eigenvalue weighted by atomic mass is 10.1. The first-order chi connectivity index (χ1) is 15.3. The number of benzene rings is 2. The Labute approximate surface area is 190 Å². The maximum absolute atomic E-state index is 15.0. The lowest BCUT2D eigenvalue weighted by Gasteiger charge is -2.24. The molecule has 2 aromatic rings. The molecule has 6 nitrogen and oxygen atoms in total. The summed E-state index contributed by atoms with van der Waals surface area (Å²) in [5, 5.41) is 0. The van der Waals surface area contributed by atoms with Gasteiger partial charge < -0.3 is 24.2 Å². The molecule has 0 radical (unpaired) electrons. The van der Waals surface area contributed by atoms with Crippen LogP contribution in [-0.2, 0) is 0 Å². The number of rotatable bonds is 9. The first-order valence-electron chi connectivity index (χ1n) is 11.2. The van der Waals surface area contributed by atoms with Crippen molar-refractivity contribution in [2.45, 2.75) is 32.2 Å². The number of hydrogen-bond donors (Lipinski definition) is 0. The summed E-state index contributed by atoms with van der Waals surface area (Å²) >= 11 is 0. The summed E-state index contributed by atoms with van der Waals surface area (Å²) in [6.45, 7) is 4.33. The predicted octanol–water partition coefficient (Wildman–Crippen LogP) is 4.43. The molecular formula is C25H34FN3O3. The van der Waals surface area contributed by atoms with Crippen LogP contribution in [0.3, 0.4) is 0 Å². The SMILES string of the molecule is CCCCOc1ccc(C(=O)N(C)c2ccc(N3CCC(N(C)C)C3)c(F)c2)c(OC)c1. The molecule has 1 saturated heterocycles. The van der Waals surface area contributed by atoms with Crippen LogP contribution in [0.1, 0.15) is 36.5 Å². The molecule has 0 bridgehead atoms. The van der Waals surface area contributed by atoms with Gasteiger partial charge in [-0.2, -0.15) is 0 Å². The van der Waals surface area contributed by atoms with Crippen molar-refractivity contribution in [3.63, 3.8) is 0 Å². The second-order valence-corrected chi connectivity index (χ2v) is 8.42. The fraction of sp³-hybridized carbons (Fsp3) is 0.480. The van der Waals surface area contributed by atoms with Gasteiger partial charge in [0.2, 0.25) is 0 Å². The molecule has 0 saturated carbocycles. The summed E-state index contributed by atoms with van der Waals surface area (Å²) in [6.07, 6.45) is 3.01. The van der Waals surface area contributed by atoms with Crippen molar-refractivity contribution in [3.05, 3.63) is 47.8 Å². The maximum Gasteiger partial charge on any atom is 0.261 e. The van der Waals surface area contributed by atoms with Crippen LogP contribution in [0, 0.1) is 5.82 Å². The zero-order valence-electron chi connectivity index (χ0n) is 19.7. The highest BCUT2D eigenvalue weighted by atomic mass is 19.1. The van der Waals surface area contributed by atoms with Crippen LogP contribution in [0.25, 0.3) is 0 Å². The standard InChI is InChI=1S/C25H34FN3O3/c1-6-7-14-32-20-9-10-21(24(16-20)31-5)25(30)28(4)18-8-11-23(22(26)15-18)29-13-12-19(17-29)27(2)3/h8-11,15-16,19H,6-7,12-14,17H2,1-5H3. The van der Waals surface area contributed by atoms with E-state index in [0.29, 0.717) is 41.1 Å². The Hall–Kier alpha value is -2.80. The van der Waals surface area contributed by atoms with Gasteiger partial charge in [0.1, 0.15) is 17.3 Å². The first-order valence-corrected chi connectivity index (χ1v) is 11.2. The molecule has 1 unspecified atom stereocenters. The highest BCUT2D eigenvalue weighted by Crippen LogP contribution is 2.31. The summed E-state index contributed by atoms with van der Waals surface area (Å²) in [5.41, 5.74) is 1.46. The van der Waals surface area contributed by atoms with Crippen LogP contribution < -0.4 is 19.3 Å². The number of likely N-dealkylation sites (N-methyl/N-ethyl adjacent to an activating group) is 1. The Kier molecular flexibility index (Phi) is 7.96. The Morgan fingerprint density at radius 2 is 1.97 bits per heavy atom. The lowest BCUT2D eigenvalue weighted by molar-refractivity contribution is 0.0990. The van der Waals surface area contributed by atoms with Crippen LogP contribution in [0.2, 0.25) is 0 Å². The number of carbonyl (C=O) groups is 1. The smallest absolute Gasteiger partial charge is 0.261 e. The van der Waals surface area contributed by atoms with E-state index in [-0.39, 0.29) is 11.7 Å². The lowest BCUT2D eigenvalue weighted by Crippen LogP contribution is -2.31. The Bertz CT molecular complexity index is 935. The minimum absolute atomic E-state index is 0.275. The van der Waals surface area contributed by atoms with Crippen LogP contribution >= 0.6 is 0 Å². The van der Waals surface area contributed by atoms with Crippen LogP contribution in [0.4, 0.5) is 15.8 Å². The molecule has 1 atom stereocenters. The molecule has 1 heterocycles. The monoisotopic (exact) mass is 443 g/mol. The van der Waals surface area contributed by atoms with Crippen molar-refractivity contribution in [2.24, 2.45) is 0 Å². The van der Waals surface area contributed by atoms with Crippen molar-refractivity contribution in [2.75, 3.05) is 57.7 Å². The molecule has 1 aliphatic rings. The molecule has 174 valence electrons. The molecule has 2 aromatic carbocycles. The van der Waals surface area contributed by atoms with Crippen LogP contribution in [-0.4, -0.2) is 64.8 Å². The molecule has 3 rings (SSSR count). The largest absolute Gasteiger partial charge is 0.496 e. The Morgan fingerprint density at radius 3 is 2.59 bits per heavy atom. The van der Waals surface area contributed by atoms with E-state index in [1.807, 2.05) is 14.1 Å². The summed E-state index contributed by atoms with van der Waals surface area (Å²) in [5.74, 6) is 0.488. The third-order valence-electron chi connectivity index (χ3n) is 6.03. The molecule has 1 amide bonds. The minimum atomic E-state index is -0.326. The third-order valence-corrected chi connectivity index (χ3v) is 6.03. The minimum Gasteiger partial charge on any atom is -0.496 e. The molecule has 0 aliphatic carbocycles. The zero-order chi connectivity index (χ0) is 23.3.